The van der Waals surface area contributed by atoms with Gasteiger partial charge in [0.2, 0.25) is 5.12 Å². The van der Waals surface area contributed by atoms with Crippen LogP contribution in [0.15, 0.2) is 11.8 Å². The Hall–Kier alpha value is -0.0900. The van der Waals surface area contributed by atoms with E-state index in [0.717, 1.165) is 25.0 Å². The van der Waals surface area contributed by atoms with Gasteiger partial charge in [0, 0.05) is 6.42 Å². The Morgan fingerprint density at radius 1 is 1.92 bits per heavy atom. The van der Waals surface area contributed by atoms with Crippen LogP contribution in [0, 0.1) is 0 Å². The van der Waals surface area contributed by atoms with E-state index in [1.165, 1.54) is 12.0 Å². The summed E-state index contributed by atoms with van der Waals surface area (Å²) >= 11 is 4.99. The monoisotopic (exact) mass is 204 g/mol. The molecule has 1 unspecified atom stereocenters. The molecule has 0 aliphatic carbocycles. The molecule has 0 aromatic heterocycles. The van der Waals surface area contributed by atoms with Crippen molar-refractivity contribution < 1.29 is 8.98 Å². The molecule has 0 aromatic rings. The number of hydrogen-bond acceptors (Lipinski definition) is 3. The molecule has 0 spiro atoms. The molecule has 0 saturated carbocycles. The van der Waals surface area contributed by atoms with E-state index in [0.29, 0.717) is 0 Å². The van der Waals surface area contributed by atoms with Crippen LogP contribution in [0.4, 0.5) is 0 Å². The number of allylic oxidation sites excluding steroid dienone is 2. The highest BCUT2D eigenvalue weighted by molar-refractivity contribution is 8.03. The molecule has 4 heteroatoms. The lowest BCUT2D eigenvalue weighted by Gasteiger charge is -2.20. The maximum absolute atomic E-state index is 10.8. The van der Waals surface area contributed by atoms with Crippen molar-refractivity contribution in [1.82, 2.24) is 0 Å². The van der Waals surface area contributed by atoms with Crippen molar-refractivity contribution in [3.8, 4) is 0 Å². The molecule has 1 aliphatic rings. The van der Waals surface area contributed by atoms with Crippen molar-refractivity contribution in [1.29, 1.82) is 0 Å². The number of rotatable bonds is 2. The first-order valence-electron chi connectivity index (χ1n) is 3.99. The average Bonchev–Trinajstić information content (AvgIpc) is 2.06. The van der Waals surface area contributed by atoms with Crippen LogP contribution >= 0.6 is 24.7 Å². The molecule has 1 rings (SSSR count). The summed E-state index contributed by atoms with van der Waals surface area (Å²) in [6.45, 7) is 2.07. The smallest absolute Gasteiger partial charge is 0.202 e. The summed E-state index contributed by atoms with van der Waals surface area (Å²) in [6, 6.07) is 0. The fourth-order valence-corrected chi connectivity index (χ4v) is 1.96. The average molecular weight is 204 g/mol. The van der Waals surface area contributed by atoms with Gasteiger partial charge in [-0.2, -0.15) is 0 Å². The Balaban J connectivity index is 2.39. The van der Waals surface area contributed by atoms with Gasteiger partial charge in [0.1, 0.15) is 11.0 Å². The minimum absolute atomic E-state index is 0.0812. The molecule has 1 saturated heterocycles. The van der Waals surface area contributed by atoms with E-state index < -0.39 is 0 Å². The number of carbonyl (C=O) groups excluding carboxylic acids is 1. The van der Waals surface area contributed by atoms with Crippen LogP contribution in [0.5, 0.6) is 0 Å². The van der Waals surface area contributed by atoms with Crippen LogP contribution in [0.1, 0.15) is 26.2 Å². The van der Waals surface area contributed by atoms with Gasteiger partial charge in [-0.3, -0.25) is 4.79 Å². The first-order chi connectivity index (χ1) is 5.74. The molecular formula is C8H12O2S2. The lowest BCUT2D eigenvalue weighted by molar-refractivity contribution is -0.110. The summed E-state index contributed by atoms with van der Waals surface area (Å²) in [5, 5.41) is -0.169. The van der Waals surface area contributed by atoms with Crippen molar-refractivity contribution >= 4 is 29.8 Å². The van der Waals surface area contributed by atoms with Gasteiger partial charge in [0.15, 0.2) is 0 Å². The van der Waals surface area contributed by atoms with E-state index in [4.69, 9.17) is 4.18 Å². The van der Waals surface area contributed by atoms with Crippen molar-refractivity contribution in [2.75, 3.05) is 0 Å². The Labute approximate surface area is 82.4 Å². The minimum Gasteiger partial charge on any atom is -0.430 e. The number of hydrogen-bond donors (Lipinski definition) is 1. The quantitative estimate of drug-likeness (QED) is 0.553. The van der Waals surface area contributed by atoms with E-state index in [1.807, 2.05) is 6.08 Å². The largest absolute Gasteiger partial charge is 0.430 e. The summed E-state index contributed by atoms with van der Waals surface area (Å²) in [5.74, 6) is 0.994. The van der Waals surface area contributed by atoms with Crippen molar-refractivity contribution in [2.45, 2.75) is 31.4 Å². The van der Waals surface area contributed by atoms with Crippen LogP contribution in [0.2, 0.25) is 0 Å². The topological polar surface area (TPSA) is 26.3 Å². The molecule has 0 aromatic carbocycles. The maximum Gasteiger partial charge on any atom is 0.202 e. The normalized spacial score (nSPS) is 26.8. The number of carbonyl (C=O) groups is 1. The molecule has 0 N–H and O–H groups in total. The zero-order chi connectivity index (χ0) is 8.97. The second-order valence-corrected chi connectivity index (χ2v) is 3.99. The molecule has 68 valence electrons. The van der Waals surface area contributed by atoms with Gasteiger partial charge in [0.25, 0.3) is 0 Å². The highest BCUT2D eigenvalue weighted by atomic mass is 32.2. The fourth-order valence-electron chi connectivity index (χ4n) is 1.01. The number of thiol groups is 1. The lowest BCUT2D eigenvalue weighted by atomic mass is 10.2. The molecule has 1 aliphatic heterocycles. The van der Waals surface area contributed by atoms with Gasteiger partial charge in [-0.1, -0.05) is 6.92 Å². The summed E-state index contributed by atoms with van der Waals surface area (Å²) in [7, 11) is 0. The summed E-state index contributed by atoms with van der Waals surface area (Å²) < 4.78 is 5.30. The predicted octanol–water partition coefficient (Wildman–Crippen LogP) is 2.56. The summed E-state index contributed by atoms with van der Waals surface area (Å²) in [5.41, 5.74) is 0. The Bertz CT molecular complexity index is 191. The Morgan fingerprint density at radius 3 is 3.08 bits per heavy atom. The molecule has 1 fully saturated rings. The highest BCUT2D eigenvalue weighted by Gasteiger charge is 2.23. The van der Waals surface area contributed by atoms with E-state index >= 15 is 0 Å². The van der Waals surface area contributed by atoms with Crippen LogP contribution in [0.3, 0.4) is 0 Å². The third-order valence-corrected chi connectivity index (χ3v) is 3.11. The minimum atomic E-state index is -0.0875. The summed E-state index contributed by atoms with van der Waals surface area (Å²) in [6.07, 6.45) is 4.73. The van der Waals surface area contributed by atoms with Gasteiger partial charge in [0.05, 0.1) is 12.0 Å². The molecule has 1 heterocycles. The van der Waals surface area contributed by atoms with Crippen LogP contribution < -0.4 is 0 Å². The predicted molar refractivity (Wildman–Crippen MR) is 54.1 cm³/mol. The van der Waals surface area contributed by atoms with E-state index in [2.05, 4.69) is 19.6 Å². The van der Waals surface area contributed by atoms with E-state index in [9.17, 15) is 4.79 Å². The molecule has 0 bridgehead atoms. The van der Waals surface area contributed by atoms with Crippen LogP contribution in [-0.4, -0.2) is 10.4 Å². The van der Waals surface area contributed by atoms with Crippen molar-refractivity contribution in [3.05, 3.63) is 11.8 Å². The highest BCUT2D eigenvalue weighted by Crippen LogP contribution is 2.31. The third kappa shape index (κ3) is 2.75. The second-order valence-electron chi connectivity index (χ2n) is 2.62. The van der Waals surface area contributed by atoms with Gasteiger partial charge >= 0.3 is 0 Å². The Morgan fingerprint density at radius 2 is 2.67 bits per heavy atom. The van der Waals surface area contributed by atoms with Gasteiger partial charge in [-0.25, -0.2) is 0 Å². The molecule has 0 amide bonds. The fraction of sp³-hybridized carbons (Fsp3) is 0.625. The first kappa shape index (κ1) is 9.99. The second kappa shape index (κ2) is 4.82. The third-order valence-electron chi connectivity index (χ3n) is 1.63. The van der Waals surface area contributed by atoms with Crippen molar-refractivity contribution in [3.63, 3.8) is 0 Å². The maximum atomic E-state index is 10.8. The van der Waals surface area contributed by atoms with Gasteiger partial charge < -0.3 is 4.18 Å². The van der Waals surface area contributed by atoms with Crippen molar-refractivity contribution in [2.24, 2.45) is 0 Å². The molecule has 0 radical (unpaired) electrons. The van der Waals surface area contributed by atoms with Gasteiger partial charge in [-0.15, -0.1) is 12.6 Å². The molecule has 1 atom stereocenters. The standard InChI is InChI=1S/C8H12O2S2/c1-2-3-6-4-5-7(8(9)11)12-10-6/h3,7H,2,4-5H2,1H3,(H,9,11)/b6-3+. The molecule has 12 heavy (non-hydrogen) atoms. The molecule has 2 nitrogen and oxygen atoms in total. The zero-order valence-electron chi connectivity index (χ0n) is 6.95. The lowest BCUT2D eigenvalue weighted by Crippen LogP contribution is -2.16. The van der Waals surface area contributed by atoms with Crippen LogP contribution in [0.25, 0.3) is 0 Å². The molecular weight excluding hydrogens is 192 g/mol. The van der Waals surface area contributed by atoms with E-state index in [1.54, 1.807) is 0 Å². The van der Waals surface area contributed by atoms with Crippen LogP contribution in [-0.2, 0) is 8.98 Å². The first-order valence-corrected chi connectivity index (χ1v) is 5.24. The zero-order valence-corrected chi connectivity index (χ0v) is 8.66. The van der Waals surface area contributed by atoms with E-state index in [-0.39, 0.29) is 10.4 Å². The Kier molecular flexibility index (Phi) is 4.01. The van der Waals surface area contributed by atoms with Gasteiger partial charge in [-0.05, 0) is 18.9 Å². The SMILES string of the molecule is CC/C=C1\CCC(C(=O)S)SO1. The summed E-state index contributed by atoms with van der Waals surface area (Å²) in [4.78, 5) is 10.8.